The largest absolute Gasteiger partial charge is 0.310 e. The van der Waals surface area contributed by atoms with E-state index in [1.807, 2.05) is 6.08 Å². The molecule has 12 heavy (non-hydrogen) atoms. The van der Waals surface area contributed by atoms with Crippen LogP contribution in [0.2, 0.25) is 0 Å². The molecule has 70 valence electrons. The average Bonchev–Trinajstić information content (AvgIpc) is 2.15. The molecule has 1 aliphatic rings. The molecule has 1 rings (SSSR count). The second-order valence-electron chi connectivity index (χ2n) is 3.50. The summed E-state index contributed by atoms with van der Waals surface area (Å²) in [6, 6.07) is 0.634. The molecule has 0 amide bonds. The van der Waals surface area contributed by atoms with Gasteiger partial charge in [-0.2, -0.15) is 0 Å². The molecule has 0 spiro atoms. The van der Waals surface area contributed by atoms with Crippen molar-refractivity contribution >= 4 is 11.6 Å². The Hall–Kier alpha value is -0.0100. The Kier molecular flexibility index (Phi) is 4.70. The van der Waals surface area contributed by atoms with E-state index in [-0.39, 0.29) is 0 Å². The van der Waals surface area contributed by atoms with Crippen LogP contribution in [-0.2, 0) is 0 Å². The van der Waals surface area contributed by atoms with Crippen molar-refractivity contribution in [3.05, 3.63) is 12.7 Å². The lowest BCUT2D eigenvalue weighted by Gasteiger charge is -2.30. The number of halogens is 1. The van der Waals surface area contributed by atoms with Crippen LogP contribution >= 0.6 is 11.6 Å². The quantitative estimate of drug-likeness (QED) is 0.527. The van der Waals surface area contributed by atoms with Crippen molar-refractivity contribution in [1.82, 2.24) is 5.32 Å². The molecular weight excluding hydrogens is 170 g/mol. The van der Waals surface area contributed by atoms with Crippen LogP contribution in [-0.4, -0.2) is 18.5 Å². The molecule has 1 nitrogen and oxygen atoms in total. The SMILES string of the molecule is C=CCNC1CCCCC1CCl. The number of nitrogens with one attached hydrogen (secondary N) is 1. The van der Waals surface area contributed by atoms with Crippen molar-refractivity contribution in [3.8, 4) is 0 Å². The van der Waals surface area contributed by atoms with Gasteiger partial charge in [0.05, 0.1) is 0 Å². The molecule has 0 heterocycles. The Bertz CT molecular complexity index is 136. The van der Waals surface area contributed by atoms with Crippen LogP contribution in [0.5, 0.6) is 0 Å². The topological polar surface area (TPSA) is 12.0 Å². The summed E-state index contributed by atoms with van der Waals surface area (Å²) >= 11 is 5.89. The van der Waals surface area contributed by atoms with Crippen LogP contribution in [0, 0.1) is 5.92 Å². The molecule has 1 saturated carbocycles. The Labute approximate surface area is 80.2 Å². The zero-order valence-electron chi connectivity index (χ0n) is 7.56. The van der Waals surface area contributed by atoms with Gasteiger partial charge in [-0.3, -0.25) is 0 Å². The standard InChI is InChI=1S/C10H18ClN/c1-2-7-12-10-6-4-3-5-9(10)8-11/h2,9-10,12H,1,3-8H2. The fraction of sp³-hybridized carbons (Fsp3) is 0.800. The van der Waals surface area contributed by atoms with E-state index >= 15 is 0 Å². The summed E-state index contributed by atoms with van der Waals surface area (Å²) < 4.78 is 0. The van der Waals surface area contributed by atoms with Gasteiger partial charge in [0.2, 0.25) is 0 Å². The highest BCUT2D eigenvalue weighted by Crippen LogP contribution is 2.25. The number of hydrogen-bond acceptors (Lipinski definition) is 1. The van der Waals surface area contributed by atoms with Crippen molar-refractivity contribution in [2.45, 2.75) is 31.7 Å². The van der Waals surface area contributed by atoms with Gasteiger partial charge in [-0.1, -0.05) is 18.9 Å². The van der Waals surface area contributed by atoms with E-state index in [4.69, 9.17) is 11.6 Å². The minimum absolute atomic E-state index is 0.634. The first-order valence-corrected chi connectivity index (χ1v) is 5.32. The predicted molar refractivity (Wildman–Crippen MR) is 54.7 cm³/mol. The third-order valence-corrected chi connectivity index (χ3v) is 3.03. The molecule has 0 radical (unpaired) electrons. The maximum atomic E-state index is 5.89. The molecule has 2 heteroatoms. The number of rotatable bonds is 4. The van der Waals surface area contributed by atoms with E-state index in [1.165, 1.54) is 25.7 Å². The summed E-state index contributed by atoms with van der Waals surface area (Å²) in [5.41, 5.74) is 0. The van der Waals surface area contributed by atoms with Crippen LogP contribution in [0.15, 0.2) is 12.7 Å². The van der Waals surface area contributed by atoms with Gasteiger partial charge in [-0.15, -0.1) is 18.2 Å². The summed E-state index contributed by atoms with van der Waals surface area (Å²) in [6.45, 7) is 4.62. The van der Waals surface area contributed by atoms with E-state index in [9.17, 15) is 0 Å². The van der Waals surface area contributed by atoms with Gasteiger partial charge in [0.1, 0.15) is 0 Å². The summed E-state index contributed by atoms with van der Waals surface area (Å²) in [7, 11) is 0. The Morgan fingerprint density at radius 1 is 1.42 bits per heavy atom. The summed E-state index contributed by atoms with van der Waals surface area (Å²) in [6.07, 6.45) is 7.19. The highest BCUT2D eigenvalue weighted by atomic mass is 35.5. The van der Waals surface area contributed by atoms with Gasteiger partial charge < -0.3 is 5.32 Å². The van der Waals surface area contributed by atoms with E-state index in [0.717, 1.165) is 12.4 Å². The van der Waals surface area contributed by atoms with Gasteiger partial charge >= 0.3 is 0 Å². The average molecular weight is 188 g/mol. The molecule has 1 N–H and O–H groups in total. The Balaban J connectivity index is 2.30. The predicted octanol–water partition coefficient (Wildman–Crippen LogP) is 2.56. The first-order chi connectivity index (χ1) is 5.88. The van der Waals surface area contributed by atoms with Gasteiger partial charge in [0.15, 0.2) is 0 Å². The smallest absolute Gasteiger partial charge is 0.0266 e. The molecule has 0 bridgehead atoms. The maximum absolute atomic E-state index is 5.89. The lowest BCUT2D eigenvalue weighted by molar-refractivity contribution is 0.291. The van der Waals surface area contributed by atoms with Crippen molar-refractivity contribution < 1.29 is 0 Å². The van der Waals surface area contributed by atoms with Crippen molar-refractivity contribution in [2.75, 3.05) is 12.4 Å². The van der Waals surface area contributed by atoms with E-state index in [2.05, 4.69) is 11.9 Å². The lowest BCUT2D eigenvalue weighted by atomic mass is 9.86. The van der Waals surface area contributed by atoms with Gasteiger partial charge in [0.25, 0.3) is 0 Å². The van der Waals surface area contributed by atoms with Gasteiger partial charge in [0, 0.05) is 18.5 Å². The van der Waals surface area contributed by atoms with E-state index in [0.29, 0.717) is 12.0 Å². The van der Waals surface area contributed by atoms with Crippen LogP contribution in [0.4, 0.5) is 0 Å². The highest BCUT2D eigenvalue weighted by molar-refractivity contribution is 6.18. The molecule has 1 aliphatic carbocycles. The number of hydrogen-bond donors (Lipinski definition) is 1. The second-order valence-corrected chi connectivity index (χ2v) is 3.81. The molecule has 2 atom stereocenters. The van der Waals surface area contributed by atoms with E-state index < -0.39 is 0 Å². The molecule has 2 unspecified atom stereocenters. The summed E-state index contributed by atoms with van der Waals surface area (Å²) in [5.74, 6) is 1.48. The van der Waals surface area contributed by atoms with Gasteiger partial charge in [-0.25, -0.2) is 0 Å². The van der Waals surface area contributed by atoms with Crippen molar-refractivity contribution in [2.24, 2.45) is 5.92 Å². The second kappa shape index (κ2) is 5.60. The fourth-order valence-corrected chi connectivity index (χ4v) is 2.27. The lowest BCUT2D eigenvalue weighted by Crippen LogP contribution is -2.39. The highest BCUT2D eigenvalue weighted by Gasteiger charge is 2.22. The molecular formula is C10H18ClN. The molecule has 0 aromatic rings. The molecule has 0 aliphatic heterocycles. The third kappa shape index (κ3) is 2.80. The van der Waals surface area contributed by atoms with Crippen LogP contribution < -0.4 is 5.32 Å². The summed E-state index contributed by atoms with van der Waals surface area (Å²) in [5, 5.41) is 3.47. The molecule has 0 aromatic heterocycles. The number of alkyl halides is 1. The minimum Gasteiger partial charge on any atom is -0.310 e. The first kappa shape index (κ1) is 10.1. The molecule has 0 aromatic carbocycles. The molecule has 1 fully saturated rings. The third-order valence-electron chi connectivity index (χ3n) is 2.63. The van der Waals surface area contributed by atoms with E-state index in [1.54, 1.807) is 0 Å². The van der Waals surface area contributed by atoms with Gasteiger partial charge in [-0.05, 0) is 18.8 Å². The zero-order chi connectivity index (χ0) is 8.81. The normalized spacial score (nSPS) is 30.1. The van der Waals surface area contributed by atoms with Crippen LogP contribution in [0.3, 0.4) is 0 Å². The zero-order valence-corrected chi connectivity index (χ0v) is 8.32. The van der Waals surface area contributed by atoms with Crippen molar-refractivity contribution in [1.29, 1.82) is 0 Å². The minimum atomic E-state index is 0.634. The Morgan fingerprint density at radius 3 is 2.83 bits per heavy atom. The maximum Gasteiger partial charge on any atom is 0.0266 e. The Morgan fingerprint density at radius 2 is 2.17 bits per heavy atom. The summed E-state index contributed by atoms with van der Waals surface area (Å²) in [4.78, 5) is 0. The fourth-order valence-electron chi connectivity index (χ4n) is 1.90. The van der Waals surface area contributed by atoms with Crippen molar-refractivity contribution in [3.63, 3.8) is 0 Å². The first-order valence-electron chi connectivity index (χ1n) is 4.78. The molecule has 0 saturated heterocycles. The van der Waals surface area contributed by atoms with Crippen LogP contribution in [0.25, 0.3) is 0 Å². The monoisotopic (exact) mass is 187 g/mol. The van der Waals surface area contributed by atoms with Crippen LogP contribution in [0.1, 0.15) is 25.7 Å².